The number of rotatable bonds is 3. The van der Waals surface area contributed by atoms with E-state index >= 15 is 0 Å². The number of benzene rings is 5. The molecule has 0 unspecified atom stereocenters. The molecule has 0 radical (unpaired) electrons. The van der Waals surface area contributed by atoms with Crippen LogP contribution in [0, 0.1) is 6.92 Å². The summed E-state index contributed by atoms with van der Waals surface area (Å²) in [5.74, 6) is 0. The van der Waals surface area contributed by atoms with Gasteiger partial charge in [0.05, 0.1) is 11.0 Å². The van der Waals surface area contributed by atoms with Gasteiger partial charge in [0.25, 0.3) is 0 Å². The lowest BCUT2D eigenvalue weighted by Crippen LogP contribution is -1.94. The van der Waals surface area contributed by atoms with E-state index in [0.717, 1.165) is 0 Å². The zero-order valence-electron chi connectivity index (χ0n) is 28.0. The molecule has 0 aliphatic carbocycles. The van der Waals surface area contributed by atoms with Crippen LogP contribution >= 0.6 is 0 Å². The molecule has 1 aromatic heterocycles. The molecular weight excluding hydrogens is 506 g/mol. The first-order valence-corrected chi connectivity index (χ1v) is 16.0. The van der Waals surface area contributed by atoms with E-state index in [2.05, 4.69) is 133 Å². The number of aryl methyl sites for hydroxylation is 1. The van der Waals surface area contributed by atoms with Crippen LogP contribution in [-0.4, -0.2) is 4.57 Å². The lowest BCUT2D eigenvalue weighted by Gasteiger charge is -2.11. The summed E-state index contributed by atoms with van der Waals surface area (Å²) in [7, 11) is 0. The molecule has 6 rings (SSSR count). The highest BCUT2D eigenvalue weighted by Crippen LogP contribution is 2.34. The number of hydrogen-bond donors (Lipinski definition) is 0. The van der Waals surface area contributed by atoms with E-state index < -0.39 is 0 Å². The van der Waals surface area contributed by atoms with Crippen molar-refractivity contribution in [1.82, 2.24) is 4.57 Å². The van der Waals surface area contributed by atoms with Gasteiger partial charge < -0.3 is 4.57 Å². The molecule has 1 nitrogen and oxygen atoms in total. The highest BCUT2D eigenvalue weighted by molar-refractivity contribution is 6.09. The first kappa shape index (κ1) is 35.9. The van der Waals surface area contributed by atoms with Crippen molar-refractivity contribution in [2.45, 2.75) is 76.2 Å². The van der Waals surface area contributed by atoms with Crippen LogP contribution < -0.4 is 0 Å². The molecule has 0 atom stereocenters. The van der Waals surface area contributed by atoms with E-state index in [1.807, 2.05) is 69.2 Å². The van der Waals surface area contributed by atoms with Gasteiger partial charge in [-0.15, -0.1) is 0 Å². The number of hydrogen-bond acceptors (Lipinski definition) is 0. The van der Waals surface area contributed by atoms with Crippen molar-refractivity contribution in [3.05, 3.63) is 127 Å². The van der Waals surface area contributed by atoms with Crippen LogP contribution in [0.25, 0.3) is 49.7 Å². The molecule has 0 aliphatic rings. The smallest absolute Gasteiger partial charge is 0.0541 e. The third-order valence-electron chi connectivity index (χ3n) is 6.23. The van der Waals surface area contributed by atoms with Gasteiger partial charge >= 0.3 is 0 Å². The Hall–Kier alpha value is -4.10. The molecule has 1 heteroatoms. The van der Waals surface area contributed by atoms with E-state index in [0.29, 0.717) is 0 Å². The molecule has 6 aromatic rings. The predicted octanol–water partition coefficient (Wildman–Crippen LogP) is 13.6. The van der Waals surface area contributed by atoms with Crippen LogP contribution in [0.15, 0.2) is 121 Å². The summed E-state index contributed by atoms with van der Waals surface area (Å²) in [6, 6.07) is 43.7. The van der Waals surface area contributed by atoms with E-state index in [-0.39, 0.29) is 0 Å². The molecule has 0 bridgehead atoms. The van der Waals surface area contributed by atoms with Crippen LogP contribution in [0.2, 0.25) is 0 Å². The predicted molar refractivity (Wildman–Crippen MR) is 193 cm³/mol. The molecule has 0 amide bonds. The molecule has 0 N–H and O–H groups in total. The van der Waals surface area contributed by atoms with Crippen LogP contribution in [-0.2, 0) is 0 Å². The summed E-state index contributed by atoms with van der Waals surface area (Å²) in [5, 5.41) is 2.57. The zero-order valence-corrected chi connectivity index (χ0v) is 28.0. The summed E-state index contributed by atoms with van der Waals surface area (Å²) < 4.78 is 2.37. The van der Waals surface area contributed by atoms with Gasteiger partial charge in [-0.3, -0.25) is 0 Å². The second-order valence-corrected chi connectivity index (χ2v) is 8.37. The average molecular weight is 560 g/mol. The molecule has 1 heterocycles. The first-order valence-electron chi connectivity index (χ1n) is 16.0. The van der Waals surface area contributed by atoms with Crippen molar-refractivity contribution in [2.75, 3.05) is 0 Å². The molecule has 0 spiro atoms. The monoisotopic (exact) mass is 559 g/mol. The quantitative estimate of drug-likeness (QED) is 0.203. The third kappa shape index (κ3) is 8.46. The second kappa shape index (κ2) is 19.9. The minimum atomic E-state index is 1.18. The zero-order chi connectivity index (χ0) is 31.5. The lowest BCUT2D eigenvalue weighted by molar-refractivity contribution is 1.18. The fourth-order valence-electron chi connectivity index (χ4n) is 4.73. The number of nitrogens with zero attached hydrogens (tertiary/aromatic N) is 1. The molecular formula is C41H53N. The number of aromatic nitrogens is 1. The van der Waals surface area contributed by atoms with Gasteiger partial charge in [0.2, 0.25) is 0 Å². The van der Waals surface area contributed by atoms with Crippen LogP contribution in [0.5, 0.6) is 0 Å². The average Bonchev–Trinajstić information content (AvgIpc) is 3.44. The summed E-state index contributed by atoms with van der Waals surface area (Å²) in [4.78, 5) is 0. The van der Waals surface area contributed by atoms with E-state index in [1.54, 1.807) is 0 Å². The van der Waals surface area contributed by atoms with Gasteiger partial charge in [-0.05, 0) is 59.5 Å². The SMILES string of the molecule is CC.CC.CC.CC.CC.Cc1cccc(-c2cccc(-c3cccc(-n4c5ccccc5c5ccccc54)c3)c2)c1. The Morgan fingerprint density at radius 2 is 0.738 bits per heavy atom. The van der Waals surface area contributed by atoms with Crippen molar-refractivity contribution in [2.24, 2.45) is 0 Å². The van der Waals surface area contributed by atoms with E-state index in [9.17, 15) is 0 Å². The van der Waals surface area contributed by atoms with Gasteiger partial charge in [0.1, 0.15) is 0 Å². The van der Waals surface area contributed by atoms with Crippen LogP contribution in [0.4, 0.5) is 0 Å². The molecule has 0 aliphatic heterocycles. The molecule has 42 heavy (non-hydrogen) atoms. The van der Waals surface area contributed by atoms with E-state index in [4.69, 9.17) is 0 Å². The lowest BCUT2D eigenvalue weighted by atomic mass is 9.98. The van der Waals surface area contributed by atoms with Gasteiger partial charge in [0.15, 0.2) is 0 Å². The minimum Gasteiger partial charge on any atom is -0.309 e. The maximum atomic E-state index is 2.37. The summed E-state index contributed by atoms with van der Waals surface area (Å²) in [6.45, 7) is 22.1. The molecule has 0 fully saturated rings. The Kier molecular flexibility index (Phi) is 17.0. The Balaban J connectivity index is 0.000000803. The highest BCUT2D eigenvalue weighted by atomic mass is 15.0. The van der Waals surface area contributed by atoms with E-state index in [1.165, 1.54) is 55.3 Å². The topological polar surface area (TPSA) is 4.93 Å². The summed E-state index contributed by atoms with van der Waals surface area (Å²) >= 11 is 0. The molecule has 0 saturated carbocycles. The summed E-state index contributed by atoms with van der Waals surface area (Å²) in [5.41, 5.74) is 9.88. The Morgan fingerprint density at radius 3 is 1.21 bits per heavy atom. The third-order valence-corrected chi connectivity index (χ3v) is 6.23. The molecule has 5 aromatic carbocycles. The minimum absolute atomic E-state index is 1.18. The Bertz CT molecular complexity index is 1530. The first-order chi connectivity index (χ1) is 20.8. The second-order valence-electron chi connectivity index (χ2n) is 8.37. The van der Waals surface area contributed by atoms with Gasteiger partial charge in [-0.25, -0.2) is 0 Å². The Labute approximate surface area is 256 Å². The van der Waals surface area contributed by atoms with Gasteiger partial charge in [0, 0.05) is 16.5 Å². The fraction of sp³-hybridized carbons (Fsp3) is 0.268. The van der Waals surface area contributed by atoms with Crippen molar-refractivity contribution in [3.63, 3.8) is 0 Å². The van der Waals surface area contributed by atoms with Crippen molar-refractivity contribution in [3.8, 4) is 27.9 Å². The van der Waals surface area contributed by atoms with Crippen molar-refractivity contribution < 1.29 is 0 Å². The van der Waals surface area contributed by atoms with Crippen molar-refractivity contribution >= 4 is 21.8 Å². The van der Waals surface area contributed by atoms with Crippen molar-refractivity contribution in [1.29, 1.82) is 0 Å². The largest absolute Gasteiger partial charge is 0.309 e. The highest BCUT2D eigenvalue weighted by Gasteiger charge is 2.12. The molecule has 222 valence electrons. The molecule has 0 saturated heterocycles. The maximum Gasteiger partial charge on any atom is 0.0541 e. The number of fused-ring (bicyclic) bond motifs is 3. The van der Waals surface area contributed by atoms with Crippen LogP contribution in [0.1, 0.15) is 74.8 Å². The standard InChI is InChI=1S/C31H23N.5C2H6/c1-22-9-6-10-23(19-22)24-11-7-12-25(20-24)26-13-8-14-27(21-26)32-30-17-4-2-15-28(30)29-16-3-5-18-31(29)32;5*1-2/h2-21H,1H3;5*1-2H3. The van der Waals surface area contributed by atoms with Gasteiger partial charge in [-0.1, -0.05) is 166 Å². The summed E-state index contributed by atoms with van der Waals surface area (Å²) in [6.07, 6.45) is 0. The van der Waals surface area contributed by atoms with Gasteiger partial charge in [-0.2, -0.15) is 0 Å². The normalized spacial score (nSPS) is 9.31. The maximum absolute atomic E-state index is 2.37. The van der Waals surface area contributed by atoms with Crippen LogP contribution in [0.3, 0.4) is 0 Å². The fourth-order valence-corrected chi connectivity index (χ4v) is 4.73. The Morgan fingerprint density at radius 1 is 0.357 bits per heavy atom. The number of para-hydroxylation sites is 2.